The second kappa shape index (κ2) is 11.0. The third-order valence-corrected chi connectivity index (χ3v) is 14.0. The van der Waals surface area contributed by atoms with E-state index in [0.29, 0.717) is 18.3 Å². The van der Waals surface area contributed by atoms with Crippen molar-refractivity contribution in [3.8, 4) is 0 Å². The van der Waals surface area contributed by atoms with Crippen molar-refractivity contribution in [1.82, 2.24) is 4.90 Å². The maximum atomic E-state index is 13.3. The van der Waals surface area contributed by atoms with E-state index >= 15 is 0 Å². The minimum absolute atomic E-state index is 0.0202. The Morgan fingerprint density at radius 2 is 1.24 bits per heavy atom. The van der Waals surface area contributed by atoms with Gasteiger partial charge in [-0.15, -0.1) is 0 Å². The number of hydrogen-bond donors (Lipinski definition) is 0. The lowest BCUT2D eigenvalue weighted by molar-refractivity contribution is -0.573. The Balaban J connectivity index is 1.12. The van der Waals surface area contributed by atoms with Crippen LogP contribution < -0.4 is 0 Å². The van der Waals surface area contributed by atoms with Crippen molar-refractivity contribution in [2.45, 2.75) is 153 Å². The van der Waals surface area contributed by atoms with Gasteiger partial charge in [-0.25, -0.2) is 24.3 Å². The van der Waals surface area contributed by atoms with Crippen LogP contribution in [0.15, 0.2) is 0 Å². The van der Waals surface area contributed by atoms with Gasteiger partial charge in [-0.3, -0.25) is 0 Å². The van der Waals surface area contributed by atoms with Gasteiger partial charge in [0.05, 0.1) is 6.10 Å². The monoisotopic (exact) mass is 649 g/mol. The van der Waals surface area contributed by atoms with Gasteiger partial charge in [0, 0.05) is 45.2 Å². The first-order valence-corrected chi connectivity index (χ1v) is 18.1. The molecular weight excluding hydrogens is 594 g/mol. The molecule has 4 bridgehead atoms. The highest BCUT2D eigenvalue weighted by atomic mass is 17.3. The lowest BCUT2D eigenvalue weighted by Crippen LogP contribution is -2.72. The Labute approximate surface area is 273 Å². The summed E-state index contributed by atoms with van der Waals surface area (Å²) >= 11 is 0. The standard InChI is InChI=1S/C35H55NO10/c1-18-9-11-24-20(3)26(38-29-34(24)22(18)13-15-32(5,41-29)43-45-34)17-27(39-31(37)36(7)8)28-21(4)25-12-10-19(2)23-14-16-33(6)42-30(40-28)35(23,25)46-44-33/h18-30H,9-17H2,1-8H3/t18-,19-,20-,21-,22+,23+,24+,25+,26-,27+,28?,29-,30-,32+,33+,34?,35?/m1/s1. The maximum absolute atomic E-state index is 13.3. The van der Waals surface area contributed by atoms with Gasteiger partial charge < -0.3 is 28.6 Å². The Hall–Kier alpha value is -1.05. The van der Waals surface area contributed by atoms with Crippen molar-refractivity contribution in [3.63, 3.8) is 0 Å². The fraction of sp³-hybridized carbons (Fsp3) is 0.971. The van der Waals surface area contributed by atoms with Crippen molar-refractivity contribution in [1.29, 1.82) is 0 Å². The summed E-state index contributed by atoms with van der Waals surface area (Å²) in [6.07, 6.45) is 5.34. The van der Waals surface area contributed by atoms with E-state index < -0.39 is 53.7 Å². The van der Waals surface area contributed by atoms with Crippen LogP contribution in [0.2, 0.25) is 0 Å². The van der Waals surface area contributed by atoms with Crippen LogP contribution in [0.1, 0.15) is 99.3 Å². The van der Waals surface area contributed by atoms with Gasteiger partial charge in [0.15, 0.2) is 23.8 Å². The van der Waals surface area contributed by atoms with Crippen LogP contribution in [0, 0.1) is 47.3 Å². The number of fused-ring (bicyclic) bond motifs is 4. The fourth-order valence-corrected chi connectivity index (χ4v) is 11.3. The van der Waals surface area contributed by atoms with Gasteiger partial charge >= 0.3 is 6.09 Å². The Morgan fingerprint density at radius 1 is 0.717 bits per heavy atom. The quantitative estimate of drug-likeness (QED) is 0.340. The van der Waals surface area contributed by atoms with Crippen LogP contribution in [-0.4, -0.2) is 78.8 Å². The van der Waals surface area contributed by atoms with Crippen LogP contribution in [0.4, 0.5) is 4.79 Å². The SMILES string of the molecule is C[C@H]1[C@@H](C[C@H](OC(=O)N(C)C)C2O[C@@H]3O[C@]4(C)CC[C@H]5[C@H](C)CC[C@@H]([C@H]2C)C35OO4)O[C@@H]2O[C@]3(C)CC[C@H]4[C@H](C)CC[C@@H]1C24OO3. The number of carbonyl (C=O) groups is 1. The number of rotatable bonds is 4. The van der Waals surface area contributed by atoms with Crippen LogP contribution in [-0.2, 0) is 43.2 Å². The topological polar surface area (TPSA) is 103 Å². The molecule has 260 valence electrons. The highest BCUT2D eigenvalue weighted by molar-refractivity contribution is 5.67. The number of ether oxygens (including phenoxy) is 5. The van der Waals surface area contributed by atoms with E-state index in [0.717, 1.165) is 51.4 Å². The largest absolute Gasteiger partial charge is 0.443 e. The van der Waals surface area contributed by atoms with Crippen LogP contribution in [0.3, 0.4) is 0 Å². The molecule has 0 N–H and O–H groups in total. The second-order valence-electron chi connectivity index (χ2n) is 16.9. The molecule has 8 heterocycles. The van der Waals surface area contributed by atoms with Gasteiger partial charge in [-0.2, -0.15) is 0 Å². The molecule has 2 spiro atoms. The molecule has 11 heteroatoms. The molecule has 2 aliphatic carbocycles. The third-order valence-electron chi connectivity index (χ3n) is 14.0. The van der Waals surface area contributed by atoms with Crippen LogP contribution >= 0.6 is 0 Å². The molecule has 1 amide bonds. The first-order chi connectivity index (χ1) is 21.8. The van der Waals surface area contributed by atoms with E-state index in [1.807, 2.05) is 13.8 Å². The lowest BCUT2D eigenvalue weighted by Gasteiger charge is -2.62. The lowest BCUT2D eigenvalue weighted by atomic mass is 9.56. The minimum atomic E-state index is -0.878. The zero-order chi connectivity index (χ0) is 32.4. The molecule has 10 fully saturated rings. The summed E-state index contributed by atoms with van der Waals surface area (Å²) in [5.74, 6) is 0.227. The molecule has 3 unspecified atom stereocenters. The zero-order valence-electron chi connectivity index (χ0n) is 28.9. The predicted octanol–water partition coefficient (Wildman–Crippen LogP) is 5.94. The van der Waals surface area contributed by atoms with Gasteiger partial charge in [-0.05, 0) is 87.9 Å². The molecule has 17 atom stereocenters. The molecule has 11 nitrogen and oxygen atoms in total. The highest BCUT2D eigenvalue weighted by Gasteiger charge is 2.72. The average molecular weight is 650 g/mol. The van der Waals surface area contributed by atoms with Crippen molar-refractivity contribution in [2.75, 3.05) is 14.1 Å². The van der Waals surface area contributed by atoms with E-state index in [9.17, 15) is 4.79 Å². The van der Waals surface area contributed by atoms with Crippen LogP contribution in [0.5, 0.6) is 0 Å². The highest BCUT2D eigenvalue weighted by Crippen LogP contribution is 2.63. The fourth-order valence-electron chi connectivity index (χ4n) is 11.3. The molecule has 0 aromatic carbocycles. The summed E-state index contributed by atoms with van der Waals surface area (Å²) < 4.78 is 33.7. The normalized spacial score (nSPS) is 56.2. The molecule has 10 rings (SSSR count). The van der Waals surface area contributed by atoms with Crippen molar-refractivity contribution in [2.24, 2.45) is 47.3 Å². The predicted molar refractivity (Wildman–Crippen MR) is 162 cm³/mol. The van der Waals surface area contributed by atoms with E-state index in [1.165, 1.54) is 4.90 Å². The first kappa shape index (κ1) is 32.2. The van der Waals surface area contributed by atoms with Crippen molar-refractivity contribution >= 4 is 6.09 Å². The summed E-state index contributed by atoms with van der Waals surface area (Å²) in [5, 5.41) is 0. The summed E-state index contributed by atoms with van der Waals surface area (Å²) in [4.78, 5) is 39.7. The zero-order valence-corrected chi connectivity index (χ0v) is 28.9. The average Bonchev–Trinajstić information content (AvgIpc) is 3.38. The van der Waals surface area contributed by atoms with Crippen molar-refractivity contribution in [3.05, 3.63) is 0 Å². The summed E-state index contributed by atoms with van der Waals surface area (Å²) in [7, 11) is 3.43. The van der Waals surface area contributed by atoms with Gasteiger partial charge in [0.25, 0.3) is 0 Å². The van der Waals surface area contributed by atoms with Gasteiger partial charge in [0.1, 0.15) is 12.2 Å². The molecule has 10 aliphatic rings. The summed E-state index contributed by atoms with van der Waals surface area (Å²) in [6.45, 7) is 13.0. The molecular formula is C35H55NO10. The number of carbonyl (C=O) groups excluding carboxylic acids is 1. The maximum Gasteiger partial charge on any atom is 0.409 e. The Morgan fingerprint density at radius 3 is 1.78 bits per heavy atom. The molecule has 0 aromatic rings. The smallest absolute Gasteiger partial charge is 0.409 e. The summed E-state index contributed by atoms with van der Waals surface area (Å²) in [5.41, 5.74) is -1.33. The molecule has 8 aliphatic heterocycles. The Bertz CT molecular complexity index is 1200. The minimum Gasteiger partial charge on any atom is -0.443 e. The number of nitrogens with zero attached hydrogens (tertiary/aromatic N) is 1. The van der Waals surface area contributed by atoms with Gasteiger partial charge in [0.2, 0.25) is 11.6 Å². The van der Waals surface area contributed by atoms with E-state index in [-0.39, 0.29) is 41.6 Å². The second-order valence-corrected chi connectivity index (χ2v) is 16.9. The Kier molecular flexibility index (Phi) is 7.68. The van der Waals surface area contributed by atoms with Crippen molar-refractivity contribution < 1.29 is 48.0 Å². The van der Waals surface area contributed by atoms with E-state index in [4.69, 9.17) is 43.2 Å². The van der Waals surface area contributed by atoms with Crippen LogP contribution in [0.25, 0.3) is 0 Å². The first-order valence-electron chi connectivity index (χ1n) is 18.1. The number of amides is 1. The number of hydrogen-bond acceptors (Lipinski definition) is 10. The molecule has 46 heavy (non-hydrogen) atoms. The molecule has 8 saturated heterocycles. The molecule has 0 aromatic heterocycles. The molecule has 0 radical (unpaired) electrons. The van der Waals surface area contributed by atoms with Gasteiger partial charge in [-0.1, -0.05) is 27.7 Å². The van der Waals surface area contributed by atoms with E-state index in [2.05, 4.69) is 27.7 Å². The third kappa shape index (κ3) is 4.55. The molecule has 2 saturated carbocycles. The van der Waals surface area contributed by atoms with E-state index in [1.54, 1.807) is 14.1 Å². The summed E-state index contributed by atoms with van der Waals surface area (Å²) in [6, 6.07) is 0.